The summed E-state index contributed by atoms with van der Waals surface area (Å²) in [4.78, 5) is 0. The van der Waals surface area contributed by atoms with Gasteiger partial charge in [0.2, 0.25) is 0 Å². The van der Waals surface area contributed by atoms with Crippen molar-refractivity contribution in [2.75, 3.05) is 6.54 Å². The average Bonchev–Trinajstić information content (AvgIpc) is 2.36. The maximum absolute atomic E-state index is 6.49. The molecule has 0 heterocycles. The van der Waals surface area contributed by atoms with Crippen LogP contribution in [-0.2, 0) is 5.41 Å². The zero-order valence-corrected chi connectivity index (χ0v) is 14.6. The summed E-state index contributed by atoms with van der Waals surface area (Å²) in [7, 11) is 0. The summed E-state index contributed by atoms with van der Waals surface area (Å²) in [6.45, 7) is 9.73. The number of hydrogen-bond donors (Lipinski definition) is 1. The standard InChI is InChI=1S/C17H27Cl2N/c1-5-10-17(11-6-2,12-20-13(3)4)16-14(18)8-7-9-15(16)19/h7-9,13,20H,5-6,10-12H2,1-4H3. The highest BCUT2D eigenvalue weighted by Gasteiger charge is 2.34. The van der Waals surface area contributed by atoms with Crippen LogP contribution >= 0.6 is 23.2 Å². The minimum absolute atomic E-state index is 0.0309. The van der Waals surface area contributed by atoms with E-state index in [-0.39, 0.29) is 5.41 Å². The molecule has 1 aromatic carbocycles. The Hall–Kier alpha value is -0.240. The summed E-state index contributed by atoms with van der Waals surface area (Å²) in [5.41, 5.74) is 1.16. The van der Waals surface area contributed by atoms with E-state index in [0.29, 0.717) is 6.04 Å². The Bertz CT molecular complexity index is 389. The van der Waals surface area contributed by atoms with Crippen molar-refractivity contribution in [3.05, 3.63) is 33.8 Å². The lowest BCUT2D eigenvalue weighted by atomic mass is 9.73. The largest absolute Gasteiger partial charge is 0.314 e. The summed E-state index contributed by atoms with van der Waals surface area (Å²) in [6.07, 6.45) is 4.46. The first-order valence-corrected chi connectivity index (χ1v) is 8.40. The van der Waals surface area contributed by atoms with E-state index in [9.17, 15) is 0 Å². The summed E-state index contributed by atoms with van der Waals surface area (Å²) in [6, 6.07) is 6.30. The van der Waals surface area contributed by atoms with Crippen molar-refractivity contribution < 1.29 is 0 Å². The van der Waals surface area contributed by atoms with Gasteiger partial charge in [-0.15, -0.1) is 0 Å². The molecule has 3 heteroatoms. The molecule has 0 aliphatic heterocycles. The number of benzene rings is 1. The summed E-state index contributed by atoms with van der Waals surface area (Å²) < 4.78 is 0. The third-order valence-electron chi connectivity index (χ3n) is 3.80. The van der Waals surface area contributed by atoms with Crippen molar-refractivity contribution in [1.82, 2.24) is 5.32 Å². The van der Waals surface area contributed by atoms with Crippen molar-refractivity contribution in [3.8, 4) is 0 Å². The van der Waals surface area contributed by atoms with E-state index in [2.05, 4.69) is 33.0 Å². The molecule has 0 atom stereocenters. The van der Waals surface area contributed by atoms with Crippen molar-refractivity contribution >= 4 is 23.2 Å². The van der Waals surface area contributed by atoms with Crippen LogP contribution in [0.3, 0.4) is 0 Å². The van der Waals surface area contributed by atoms with E-state index in [1.165, 1.54) is 0 Å². The first kappa shape index (κ1) is 17.8. The average molecular weight is 316 g/mol. The first-order valence-electron chi connectivity index (χ1n) is 7.64. The van der Waals surface area contributed by atoms with Crippen molar-refractivity contribution in [3.63, 3.8) is 0 Å². The van der Waals surface area contributed by atoms with Crippen LogP contribution in [0.4, 0.5) is 0 Å². The third-order valence-corrected chi connectivity index (χ3v) is 4.43. The normalized spacial score (nSPS) is 12.2. The minimum Gasteiger partial charge on any atom is -0.314 e. The molecular formula is C17H27Cl2N. The predicted molar refractivity (Wildman–Crippen MR) is 91.1 cm³/mol. The van der Waals surface area contributed by atoms with Gasteiger partial charge in [-0.25, -0.2) is 0 Å². The van der Waals surface area contributed by atoms with E-state index in [1.807, 2.05) is 18.2 Å². The summed E-state index contributed by atoms with van der Waals surface area (Å²) in [5, 5.41) is 5.18. The van der Waals surface area contributed by atoms with Crippen molar-refractivity contribution in [2.24, 2.45) is 0 Å². The van der Waals surface area contributed by atoms with E-state index >= 15 is 0 Å². The number of hydrogen-bond acceptors (Lipinski definition) is 1. The molecule has 20 heavy (non-hydrogen) atoms. The zero-order chi connectivity index (χ0) is 15.2. The van der Waals surface area contributed by atoms with Crippen LogP contribution in [-0.4, -0.2) is 12.6 Å². The van der Waals surface area contributed by atoms with Gasteiger partial charge in [0.05, 0.1) is 0 Å². The molecule has 0 aromatic heterocycles. The monoisotopic (exact) mass is 315 g/mol. The Morgan fingerprint density at radius 1 is 1.05 bits per heavy atom. The van der Waals surface area contributed by atoms with Crippen molar-refractivity contribution in [2.45, 2.75) is 64.8 Å². The van der Waals surface area contributed by atoms with Gasteiger partial charge in [-0.3, -0.25) is 0 Å². The van der Waals surface area contributed by atoms with Crippen LogP contribution in [0, 0.1) is 0 Å². The van der Waals surface area contributed by atoms with Crippen LogP contribution < -0.4 is 5.32 Å². The van der Waals surface area contributed by atoms with Crippen LogP contribution in [0.5, 0.6) is 0 Å². The molecule has 1 N–H and O–H groups in total. The fourth-order valence-corrected chi connectivity index (χ4v) is 3.80. The van der Waals surface area contributed by atoms with E-state index < -0.39 is 0 Å². The van der Waals surface area contributed by atoms with Gasteiger partial charge in [0, 0.05) is 28.0 Å². The van der Waals surface area contributed by atoms with Crippen LogP contribution in [0.25, 0.3) is 0 Å². The lowest BCUT2D eigenvalue weighted by Crippen LogP contribution is -2.41. The highest BCUT2D eigenvalue weighted by Crippen LogP contribution is 2.42. The highest BCUT2D eigenvalue weighted by molar-refractivity contribution is 6.36. The predicted octanol–water partition coefficient (Wildman–Crippen LogP) is 5.83. The molecule has 0 fully saturated rings. The first-order chi connectivity index (χ1) is 9.46. The molecule has 1 aromatic rings. The second-order valence-electron chi connectivity index (χ2n) is 5.91. The van der Waals surface area contributed by atoms with Gasteiger partial charge in [0.25, 0.3) is 0 Å². The fraction of sp³-hybridized carbons (Fsp3) is 0.647. The van der Waals surface area contributed by atoms with Gasteiger partial charge in [0.1, 0.15) is 0 Å². The van der Waals surface area contributed by atoms with Crippen molar-refractivity contribution in [1.29, 1.82) is 0 Å². The quantitative estimate of drug-likeness (QED) is 0.636. The molecular weight excluding hydrogens is 289 g/mol. The Balaban J connectivity index is 3.25. The molecule has 0 bridgehead atoms. The zero-order valence-electron chi connectivity index (χ0n) is 13.1. The molecule has 0 unspecified atom stereocenters. The maximum Gasteiger partial charge on any atom is 0.0459 e. The molecule has 0 aliphatic carbocycles. The summed E-state index contributed by atoms with van der Waals surface area (Å²) in [5.74, 6) is 0. The maximum atomic E-state index is 6.49. The van der Waals surface area contributed by atoms with Crippen LogP contribution in [0.1, 0.15) is 58.9 Å². The Kier molecular flexibility index (Phi) is 7.36. The van der Waals surface area contributed by atoms with E-state index in [4.69, 9.17) is 23.2 Å². The molecule has 0 aliphatic rings. The van der Waals surface area contributed by atoms with E-state index in [0.717, 1.165) is 47.8 Å². The second-order valence-corrected chi connectivity index (χ2v) is 6.73. The van der Waals surface area contributed by atoms with Gasteiger partial charge in [-0.1, -0.05) is 69.8 Å². The molecule has 0 amide bonds. The number of nitrogens with one attached hydrogen (secondary N) is 1. The third kappa shape index (κ3) is 4.38. The lowest BCUT2D eigenvalue weighted by Gasteiger charge is -2.37. The topological polar surface area (TPSA) is 12.0 Å². The number of halogens is 2. The molecule has 1 nitrogen and oxygen atoms in total. The summed E-state index contributed by atoms with van der Waals surface area (Å²) >= 11 is 13.0. The molecule has 0 radical (unpaired) electrons. The molecule has 0 spiro atoms. The fourth-order valence-electron chi connectivity index (χ4n) is 3.00. The highest BCUT2D eigenvalue weighted by atomic mass is 35.5. The number of rotatable bonds is 8. The SMILES string of the molecule is CCCC(CCC)(CNC(C)C)c1c(Cl)cccc1Cl. The molecule has 1 rings (SSSR count). The Morgan fingerprint density at radius 3 is 1.95 bits per heavy atom. The lowest BCUT2D eigenvalue weighted by molar-refractivity contribution is 0.325. The molecule has 0 saturated carbocycles. The van der Waals surface area contributed by atoms with Gasteiger partial charge in [-0.05, 0) is 30.5 Å². The molecule has 114 valence electrons. The van der Waals surface area contributed by atoms with Gasteiger partial charge >= 0.3 is 0 Å². The Labute approximate surface area is 134 Å². The van der Waals surface area contributed by atoms with Gasteiger partial charge in [0.15, 0.2) is 0 Å². The smallest absolute Gasteiger partial charge is 0.0459 e. The van der Waals surface area contributed by atoms with Gasteiger partial charge < -0.3 is 5.32 Å². The minimum atomic E-state index is 0.0309. The van der Waals surface area contributed by atoms with Crippen LogP contribution in [0.15, 0.2) is 18.2 Å². The molecule has 0 saturated heterocycles. The van der Waals surface area contributed by atoms with Crippen LogP contribution in [0.2, 0.25) is 10.0 Å². The van der Waals surface area contributed by atoms with E-state index in [1.54, 1.807) is 0 Å². The Morgan fingerprint density at radius 2 is 1.55 bits per heavy atom. The second kappa shape index (κ2) is 8.26. The van der Waals surface area contributed by atoms with Gasteiger partial charge in [-0.2, -0.15) is 0 Å².